The van der Waals surface area contributed by atoms with Gasteiger partial charge >= 0.3 is 18.0 Å². The zero-order valence-electron chi connectivity index (χ0n) is 18.8. The van der Waals surface area contributed by atoms with Crippen LogP contribution in [0.3, 0.4) is 0 Å². The Hall–Kier alpha value is -4.38. The third-order valence-corrected chi connectivity index (χ3v) is 5.99. The average molecular weight is 479 g/mol. The first kappa shape index (κ1) is 23.8. The molecule has 182 valence electrons. The van der Waals surface area contributed by atoms with Crippen LogP contribution in [0.15, 0.2) is 60.8 Å². The smallest absolute Gasteiger partial charge is 0.326 e. The molecule has 35 heavy (non-hydrogen) atoms. The molecular weight excluding hydrogens is 452 g/mol. The first-order valence-electron chi connectivity index (χ1n) is 11.0. The third kappa shape index (κ3) is 5.09. The van der Waals surface area contributed by atoms with Crippen LogP contribution in [0.4, 0.5) is 15.3 Å². The van der Waals surface area contributed by atoms with Gasteiger partial charge in [-0.25, -0.2) is 14.4 Å². The molecule has 1 aliphatic heterocycles. The van der Waals surface area contributed by atoms with E-state index in [1.165, 1.54) is 15.7 Å². The zero-order chi connectivity index (χ0) is 25.1. The van der Waals surface area contributed by atoms with Crippen molar-refractivity contribution >= 4 is 40.5 Å². The van der Waals surface area contributed by atoms with Crippen LogP contribution in [0.1, 0.15) is 12.0 Å². The minimum atomic E-state index is -1.18. The molecule has 0 saturated carbocycles. The van der Waals surface area contributed by atoms with Gasteiger partial charge in [0.1, 0.15) is 12.1 Å². The van der Waals surface area contributed by atoms with Crippen molar-refractivity contribution in [2.45, 2.75) is 31.0 Å². The van der Waals surface area contributed by atoms with Gasteiger partial charge in [0.2, 0.25) is 5.91 Å². The van der Waals surface area contributed by atoms with Crippen LogP contribution in [0.2, 0.25) is 0 Å². The van der Waals surface area contributed by atoms with E-state index in [9.17, 15) is 24.3 Å². The van der Waals surface area contributed by atoms with Crippen molar-refractivity contribution in [2.75, 3.05) is 11.9 Å². The number of nitrogens with zero attached hydrogens (tertiary/aromatic N) is 2. The number of hydrogen-bond donors (Lipinski definition) is 5. The molecule has 0 unspecified atom stereocenters. The number of para-hydroxylation sites is 1. The van der Waals surface area contributed by atoms with Crippen LogP contribution in [0, 0.1) is 0 Å². The fourth-order valence-corrected chi connectivity index (χ4v) is 4.31. The number of carboxylic acids is 1. The van der Waals surface area contributed by atoms with E-state index in [0.29, 0.717) is 16.6 Å². The van der Waals surface area contributed by atoms with Gasteiger partial charge < -0.3 is 32.1 Å². The Balaban J connectivity index is 1.51. The molecule has 1 saturated heterocycles. The summed E-state index contributed by atoms with van der Waals surface area (Å²) >= 11 is 0. The number of urea groups is 1. The van der Waals surface area contributed by atoms with Gasteiger partial charge in [-0.3, -0.25) is 9.36 Å². The van der Waals surface area contributed by atoms with E-state index in [-0.39, 0.29) is 19.4 Å². The number of benzene rings is 2. The lowest BCUT2D eigenvalue weighted by Crippen LogP contribution is -2.52. The second-order valence-corrected chi connectivity index (χ2v) is 8.45. The van der Waals surface area contributed by atoms with Crippen LogP contribution in [0.5, 0.6) is 0 Å². The number of carboxylic acid groups (broad SMARTS) is 1. The Morgan fingerprint density at radius 2 is 1.74 bits per heavy atom. The molecule has 3 aromatic rings. The number of aliphatic carboxylic acids is 1. The normalized spacial score (nSPS) is 18.3. The second kappa shape index (κ2) is 9.85. The third-order valence-electron chi connectivity index (χ3n) is 5.99. The monoisotopic (exact) mass is 478 g/mol. The van der Waals surface area contributed by atoms with E-state index >= 15 is 0 Å². The summed E-state index contributed by atoms with van der Waals surface area (Å²) in [6.07, 6.45) is 1.69. The lowest BCUT2D eigenvalue weighted by molar-refractivity contribution is -0.142. The molecule has 1 aromatic heterocycles. The molecule has 3 atom stereocenters. The van der Waals surface area contributed by atoms with Gasteiger partial charge in [0.15, 0.2) is 0 Å². The zero-order valence-corrected chi connectivity index (χ0v) is 18.8. The van der Waals surface area contributed by atoms with Crippen LogP contribution in [-0.4, -0.2) is 63.2 Å². The summed E-state index contributed by atoms with van der Waals surface area (Å²) in [5.74, 6) is -1.78. The van der Waals surface area contributed by atoms with Gasteiger partial charge in [0.05, 0.1) is 11.2 Å². The first-order valence-corrected chi connectivity index (χ1v) is 11.0. The SMILES string of the molecule is NC(=O)n1cc(NC(=O)N2C[C@@H](N)C[C@H]2C(=O)N[C@@H](Cc2ccccc2)C(=O)O)c2ccccc21. The Morgan fingerprint density at radius 3 is 2.43 bits per heavy atom. The number of amides is 4. The van der Waals surface area contributed by atoms with Gasteiger partial charge in [-0.15, -0.1) is 0 Å². The number of anilines is 1. The summed E-state index contributed by atoms with van der Waals surface area (Å²) in [7, 11) is 0. The maximum atomic E-state index is 13.1. The molecule has 0 aliphatic carbocycles. The predicted molar refractivity (Wildman–Crippen MR) is 129 cm³/mol. The number of aromatic nitrogens is 1. The number of likely N-dealkylation sites (tertiary alicyclic amines) is 1. The average Bonchev–Trinajstić information content (AvgIpc) is 3.40. The summed E-state index contributed by atoms with van der Waals surface area (Å²) < 4.78 is 1.21. The Bertz CT molecular complexity index is 1270. The van der Waals surface area contributed by atoms with E-state index in [1.807, 2.05) is 6.07 Å². The number of rotatable bonds is 6. The van der Waals surface area contributed by atoms with E-state index in [0.717, 1.165) is 5.56 Å². The molecule has 2 aromatic carbocycles. The summed E-state index contributed by atoms with van der Waals surface area (Å²) in [6.45, 7) is 0.106. The van der Waals surface area contributed by atoms with Crippen molar-refractivity contribution in [3.8, 4) is 0 Å². The summed E-state index contributed by atoms with van der Waals surface area (Å²) in [5, 5.41) is 15.5. The number of hydrogen-bond acceptors (Lipinski definition) is 5. The van der Waals surface area contributed by atoms with E-state index < -0.39 is 42.1 Å². The van der Waals surface area contributed by atoms with Crippen LogP contribution >= 0.6 is 0 Å². The quantitative estimate of drug-likeness (QED) is 0.357. The number of nitrogens with two attached hydrogens (primary N) is 2. The second-order valence-electron chi connectivity index (χ2n) is 8.45. The highest BCUT2D eigenvalue weighted by Gasteiger charge is 2.39. The number of primary amides is 1. The highest BCUT2D eigenvalue weighted by molar-refractivity contribution is 6.05. The molecule has 0 bridgehead atoms. The predicted octanol–water partition coefficient (Wildman–Crippen LogP) is 1.31. The molecule has 11 nitrogen and oxygen atoms in total. The maximum Gasteiger partial charge on any atom is 0.326 e. The first-order chi connectivity index (χ1) is 16.7. The molecule has 4 amide bonds. The van der Waals surface area contributed by atoms with Crippen molar-refractivity contribution in [3.05, 3.63) is 66.4 Å². The molecule has 7 N–H and O–H groups in total. The molecule has 1 fully saturated rings. The van der Waals surface area contributed by atoms with Crippen molar-refractivity contribution in [3.63, 3.8) is 0 Å². The van der Waals surface area contributed by atoms with Crippen LogP contribution in [0.25, 0.3) is 10.9 Å². The largest absolute Gasteiger partial charge is 0.480 e. The van der Waals surface area contributed by atoms with E-state index in [4.69, 9.17) is 11.5 Å². The van der Waals surface area contributed by atoms with Crippen molar-refractivity contribution in [1.29, 1.82) is 0 Å². The topological polar surface area (TPSA) is 173 Å². The van der Waals surface area contributed by atoms with Crippen molar-refractivity contribution in [2.24, 2.45) is 11.5 Å². The van der Waals surface area contributed by atoms with Crippen molar-refractivity contribution in [1.82, 2.24) is 14.8 Å². The van der Waals surface area contributed by atoms with E-state index in [2.05, 4.69) is 10.6 Å². The fraction of sp³-hybridized carbons (Fsp3) is 0.250. The highest BCUT2D eigenvalue weighted by atomic mass is 16.4. The highest BCUT2D eigenvalue weighted by Crippen LogP contribution is 2.27. The standard InChI is InChI=1S/C24H26N6O5/c25-15-11-20(21(31)27-17(22(32)33)10-14-6-2-1-3-7-14)30(12-15)24(35)28-18-13-29(23(26)34)19-9-5-4-8-16(18)19/h1-9,13,15,17,20H,10-12,25H2,(H2,26,34)(H,27,31)(H,28,35)(H,32,33)/t15-,17-,20-/m0/s1. The van der Waals surface area contributed by atoms with Gasteiger partial charge in [-0.1, -0.05) is 48.5 Å². The number of fused-ring (bicyclic) bond motifs is 1. The van der Waals surface area contributed by atoms with Gasteiger partial charge in [-0.2, -0.15) is 0 Å². The number of nitrogens with one attached hydrogen (secondary N) is 2. The minimum absolute atomic E-state index is 0.0967. The fourth-order valence-electron chi connectivity index (χ4n) is 4.31. The Kier molecular flexibility index (Phi) is 6.69. The van der Waals surface area contributed by atoms with Crippen LogP contribution < -0.4 is 22.1 Å². The summed E-state index contributed by atoms with van der Waals surface area (Å²) in [4.78, 5) is 51.0. The van der Waals surface area contributed by atoms with Gasteiger partial charge in [-0.05, 0) is 18.1 Å². The molecule has 2 heterocycles. The van der Waals surface area contributed by atoms with Gasteiger partial charge in [0.25, 0.3) is 0 Å². The molecule has 4 rings (SSSR count). The molecule has 0 spiro atoms. The van der Waals surface area contributed by atoms with Crippen LogP contribution in [-0.2, 0) is 16.0 Å². The Labute approximate surface area is 200 Å². The Morgan fingerprint density at radius 1 is 1.06 bits per heavy atom. The molecular formula is C24H26N6O5. The molecule has 1 aliphatic rings. The lowest BCUT2D eigenvalue weighted by atomic mass is 10.1. The molecule has 11 heteroatoms. The maximum absolute atomic E-state index is 13.1. The van der Waals surface area contributed by atoms with E-state index in [1.54, 1.807) is 48.5 Å². The number of carbonyl (C=O) groups is 4. The summed E-state index contributed by atoms with van der Waals surface area (Å²) in [6, 6.07) is 12.0. The van der Waals surface area contributed by atoms with Crippen molar-refractivity contribution < 1.29 is 24.3 Å². The lowest BCUT2D eigenvalue weighted by Gasteiger charge is -2.25. The minimum Gasteiger partial charge on any atom is -0.480 e. The number of carbonyl (C=O) groups excluding carboxylic acids is 3. The molecule has 0 radical (unpaired) electrons. The summed E-state index contributed by atoms with van der Waals surface area (Å²) in [5.41, 5.74) is 13.1. The van der Waals surface area contributed by atoms with Gasteiger partial charge in [0, 0.05) is 30.6 Å².